The normalized spacial score (nSPS) is 16.9. The number of aliphatic carboxylic acids is 1. The molecule has 0 heterocycles. The van der Waals surface area contributed by atoms with Crippen LogP contribution in [0, 0.1) is 0 Å². The number of hydrogen-bond donors (Lipinski definition) is 1. The molecule has 1 aromatic carbocycles. The molecular weight excluding hydrogens is 296 g/mol. The predicted octanol–water partition coefficient (Wildman–Crippen LogP) is 3.78. The smallest absolute Gasteiger partial charge is 0.314 e. The van der Waals surface area contributed by atoms with E-state index in [0.29, 0.717) is 35.7 Å². The van der Waals surface area contributed by atoms with Crippen molar-refractivity contribution >= 4 is 5.97 Å². The predicted molar refractivity (Wildman–Crippen MR) is 87.7 cm³/mol. The van der Waals surface area contributed by atoms with E-state index in [9.17, 15) is 9.90 Å². The van der Waals surface area contributed by atoms with E-state index in [1.54, 1.807) is 20.3 Å². The van der Waals surface area contributed by atoms with E-state index in [0.717, 1.165) is 19.3 Å². The Morgan fingerprint density at radius 3 is 2.22 bits per heavy atom. The van der Waals surface area contributed by atoms with Crippen molar-refractivity contribution in [3.05, 3.63) is 17.7 Å². The van der Waals surface area contributed by atoms with Gasteiger partial charge in [-0.05, 0) is 32.8 Å². The van der Waals surface area contributed by atoms with E-state index < -0.39 is 11.4 Å². The summed E-state index contributed by atoms with van der Waals surface area (Å²) in [5.41, 5.74) is -0.224. The third-order valence-corrected chi connectivity index (χ3v) is 4.49. The summed E-state index contributed by atoms with van der Waals surface area (Å²) < 4.78 is 16.8. The van der Waals surface area contributed by atoms with Crippen LogP contribution in [0.3, 0.4) is 0 Å². The standard InChI is InChI=1S/C18H26O5/c1-12(2)23-15-13(8-9-14(21-3)16(15)22-4)18(17(19)20)10-6-5-7-11-18/h8-9,12H,5-7,10-11H2,1-4H3,(H,19,20). The summed E-state index contributed by atoms with van der Waals surface area (Å²) in [6.45, 7) is 3.83. The lowest BCUT2D eigenvalue weighted by Gasteiger charge is -2.35. The average molecular weight is 322 g/mol. The summed E-state index contributed by atoms with van der Waals surface area (Å²) in [5.74, 6) is 0.706. The summed E-state index contributed by atoms with van der Waals surface area (Å²) in [4.78, 5) is 12.1. The van der Waals surface area contributed by atoms with Gasteiger partial charge in [0.25, 0.3) is 0 Å². The van der Waals surface area contributed by atoms with Gasteiger partial charge < -0.3 is 19.3 Å². The first kappa shape index (κ1) is 17.4. The number of hydrogen-bond acceptors (Lipinski definition) is 4. The van der Waals surface area contributed by atoms with Gasteiger partial charge in [0.15, 0.2) is 11.5 Å². The lowest BCUT2D eigenvalue weighted by Crippen LogP contribution is -2.38. The molecule has 0 bridgehead atoms. The fourth-order valence-corrected chi connectivity index (χ4v) is 3.38. The van der Waals surface area contributed by atoms with Crippen molar-refractivity contribution in [3.63, 3.8) is 0 Å². The minimum absolute atomic E-state index is 0.0933. The van der Waals surface area contributed by atoms with E-state index in [1.165, 1.54) is 0 Å². The quantitative estimate of drug-likeness (QED) is 0.863. The number of carbonyl (C=O) groups is 1. The van der Waals surface area contributed by atoms with Gasteiger partial charge in [-0.2, -0.15) is 0 Å². The lowest BCUT2D eigenvalue weighted by molar-refractivity contribution is -0.145. The van der Waals surface area contributed by atoms with E-state index in [-0.39, 0.29) is 6.10 Å². The zero-order valence-corrected chi connectivity index (χ0v) is 14.3. The van der Waals surface area contributed by atoms with Crippen LogP contribution in [-0.2, 0) is 10.2 Å². The molecule has 1 fully saturated rings. The highest BCUT2D eigenvalue weighted by Crippen LogP contribution is 2.49. The van der Waals surface area contributed by atoms with Crippen LogP contribution in [0.1, 0.15) is 51.5 Å². The maximum absolute atomic E-state index is 12.1. The second-order valence-electron chi connectivity index (χ2n) is 6.29. The Balaban J connectivity index is 2.66. The van der Waals surface area contributed by atoms with Gasteiger partial charge in [-0.1, -0.05) is 25.3 Å². The van der Waals surface area contributed by atoms with Gasteiger partial charge in [0.05, 0.1) is 25.7 Å². The van der Waals surface area contributed by atoms with Crippen LogP contribution in [0.15, 0.2) is 12.1 Å². The van der Waals surface area contributed by atoms with Crippen molar-refractivity contribution in [3.8, 4) is 17.2 Å². The highest BCUT2D eigenvalue weighted by molar-refractivity contribution is 5.83. The second-order valence-corrected chi connectivity index (χ2v) is 6.29. The number of rotatable bonds is 6. The average Bonchev–Trinajstić information content (AvgIpc) is 2.54. The van der Waals surface area contributed by atoms with E-state index >= 15 is 0 Å². The van der Waals surface area contributed by atoms with Crippen molar-refractivity contribution in [2.24, 2.45) is 0 Å². The molecule has 0 saturated heterocycles. The largest absolute Gasteiger partial charge is 0.493 e. The zero-order valence-electron chi connectivity index (χ0n) is 14.3. The van der Waals surface area contributed by atoms with Gasteiger partial charge in [-0.3, -0.25) is 4.79 Å². The van der Waals surface area contributed by atoms with Crippen LogP contribution in [-0.4, -0.2) is 31.4 Å². The van der Waals surface area contributed by atoms with Gasteiger partial charge in [0.1, 0.15) is 0 Å². The number of methoxy groups -OCH3 is 2. The third-order valence-electron chi connectivity index (χ3n) is 4.49. The molecule has 128 valence electrons. The molecule has 0 atom stereocenters. The maximum Gasteiger partial charge on any atom is 0.314 e. The topological polar surface area (TPSA) is 65.0 Å². The number of ether oxygens (including phenoxy) is 3. The Hall–Kier alpha value is -1.91. The molecule has 1 aliphatic carbocycles. The molecular formula is C18H26O5. The molecule has 1 saturated carbocycles. The lowest BCUT2D eigenvalue weighted by atomic mass is 9.69. The van der Waals surface area contributed by atoms with Crippen LogP contribution in [0.25, 0.3) is 0 Å². The summed E-state index contributed by atoms with van der Waals surface area (Å²) >= 11 is 0. The van der Waals surface area contributed by atoms with Crippen LogP contribution >= 0.6 is 0 Å². The van der Waals surface area contributed by atoms with Gasteiger partial charge in [0.2, 0.25) is 5.75 Å². The first-order valence-corrected chi connectivity index (χ1v) is 8.11. The minimum atomic E-state index is -0.915. The molecule has 0 amide bonds. The Labute approximate surface area is 137 Å². The molecule has 2 rings (SSSR count). The van der Waals surface area contributed by atoms with Crippen molar-refractivity contribution < 1.29 is 24.1 Å². The molecule has 1 N–H and O–H groups in total. The van der Waals surface area contributed by atoms with E-state index in [1.807, 2.05) is 19.9 Å². The van der Waals surface area contributed by atoms with Crippen molar-refractivity contribution in [2.45, 2.75) is 57.5 Å². The molecule has 0 spiro atoms. The number of carboxylic acid groups (broad SMARTS) is 1. The molecule has 0 radical (unpaired) electrons. The molecule has 1 aliphatic rings. The van der Waals surface area contributed by atoms with Gasteiger partial charge in [-0.25, -0.2) is 0 Å². The fourth-order valence-electron chi connectivity index (χ4n) is 3.38. The molecule has 0 aliphatic heterocycles. The van der Waals surface area contributed by atoms with Crippen LogP contribution in [0.2, 0.25) is 0 Å². The molecule has 1 aromatic rings. The van der Waals surface area contributed by atoms with E-state index in [2.05, 4.69) is 0 Å². The summed E-state index contributed by atoms with van der Waals surface area (Å²) in [6.07, 6.45) is 4.02. The fraction of sp³-hybridized carbons (Fsp3) is 0.611. The van der Waals surface area contributed by atoms with Gasteiger partial charge in [0, 0.05) is 5.56 Å². The molecule has 0 unspecified atom stereocenters. The first-order chi connectivity index (χ1) is 11.0. The van der Waals surface area contributed by atoms with Gasteiger partial charge >= 0.3 is 5.97 Å². The Morgan fingerprint density at radius 2 is 1.74 bits per heavy atom. The summed E-state index contributed by atoms with van der Waals surface area (Å²) in [5, 5.41) is 9.96. The zero-order chi connectivity index (χ0) is 17.0. The molecule has 0 aromatic heterocycles. The Kier molecular flexibility index (Phi) is 5.39. The molecule has 23 heavy (non-hydrogen) atoms. The third kappa shape index (κ3) is 3.23. The monoisotopic (exact) mass is 322 g/mol. The van der Waals surface area contributed by atoms with Gasteiger partial charge in [-0.15, -0.1) is 0 Å². The van der Waals surface area contributed by atoms with E-state index in [4.69, 9.17) is 14.2 Å². The van der Waals surface area contributed by atoms with Crippen molar-refractivity contribution in [1.29, 1.82) is 0 Å². The SMILES string of the molecule is COc1ccc(C2(C(=O)O)CCCCC2)c(OC(C)C)c1OC. The second kappa shape index (κ2) is 7.11. The van der Waals surface area contributed by atoms with Crippen molar-refractivity contribution in [2.75, 3.05) is 14.2 Å². The van der Waals surface area contributed by atoms with Crippen LogP contribution in [0.5, 0.6) is 17.2 Å². The molecule has 5 nitrogen and oxygen atoms in total. The van der Waals surface area contributed by atoms with Crippen LogP contribution in [0.4, 0.5) is 0 Å². The Morgan fingerprint density at radius 1 is 1.09 bits per heavy atom. The highest BCUT2D eigenvalue weighted by atomic mass is 16.5. The summed E-state index contributed by atoms with van der Waals surface area (Å²) in [6, 6.07) is 3.58. The minimum Gasteiger partial charge on any atom is -0.493 e. The molecule has 5 heteroatoms. The Bertz CT molecular complexity index is 559. The number of carboxylic acids is 1. The van der Waals surface area contributed by atoms with Crippen molar-refractivity contribution in [1.82, 2.24) is 0 Å². The maximum atomic E-state index is 12.1. The number of benzene rings is 1. The summed E-state index contributed by atoms with van der Waals surface area (Å²) in [7, 11) is 3.10. The first-order valence-electron chi connectivity index (χ1n) is 8.11. The highest BCUT2D eigenvalue weighted by Gasteiger charge is 2.44. The van der Waals surface area contributed by atoms with Crippen LogP contribution < -0.4 is 14.2 Å².